The lowest BCUT2D eigenvalue weighted by atomic mass is 9.85. The monoisotopic (exact) mass is 311 g/mol. The number of hydrogen-bond acceptors (Lipinski definition) is 5. The molecule has 0 saturated carbocycles. The van der Waals surface area contributed by atoms with Gasteiger partial charge in [0, 0.05) is 38.2 Å². The highest BCUT2D eigenvalue weighted by Crippen LogP contribution is 2.33. The molecule has 0 aliphatic carbocycles. The second-order valence-electron chi connectivity index (χ2n) is 6.68. The molecule has 2 heterocycles. The number of anilines is 1. The summed E-state index contributed by atoms with van der Waals surface area (Å²) < 4.78 is 5.06. The first-order chi connectivity index (χ1) is 10.0. The molecule has 0 bridgehead atoms. The summed E-state index contributed by atoms with van der Waals surface area (Å²) in [6.07, 6.45) is 3.85. The van der Waals surface area contributed by atoms with Gasteiger partial charge in [-0.2, -0.15) is 0 Å². The van der Waals surface area contributed by atoms with Crippen LogP contribution in [0.1, 0.15) is 43.7 Å². The summed E-state index contributed by atoms with van der Waals surface area (Å²) in [5.41, 5.74) is 1.65. The van der Waals surface area contributed by atoms with E-state index in [1.807, 2.05) is 11.3 Å². The van der Waals surface area contributed by atoms with E-state index in [1.165, 1.54) is 35.0 Å². The van der Waals surface area contributed by atoms with Crippen LogP contribution >= 0.6 is 11.3 Å². The molecular formula is C16H29N3OS. The van der Waals surface area contributed by atoms with Crippen molar-refractivity contribution < 1.29 is 4.74 Å². The Morgan fingerprint density at radius 2 is 2.14 bits per heavy atom. The fourth-order valence-electron chi connectivity index (χ4n) is 2.70. The Balaban J connectivity index is 1.94. The fourth-order valence-corrected chi connectivity index (χ4v) is 3.78. The van der Waals surface area contributed by atoms with Crippen LogP contribution in [0.15, 0.2) is 0 Å². The van der Waals surface area contributed by atoms with Crippen LogP contribution in [-0.2, 0) is 11.3 Å². The first-order valence-corrected chi connectivity index (χ1v) is 8.74. The highest BCUT2D eigenvalue weighted by molar-refractivity contribution is 7.15. The Morgan fingerprint density at radius 3 is 2.90 bits per heavy atom. The Bertz CT molecular complexity index is 445. The van der Waals surface area contributed by atoms with Crippen LogP contribution in [0.3, 0.4) is 0 Å². The topological polar surface area (TPSA) is 37.4 Å². The number of thiazole rings is 1. The van der Waals surface area contributed by atoms with Crippen molar-refractivity contribution in [2.45, 2.75) is 46.6 Å². The minimum absolute atomic E-state index is 0.478. The lowest BCUT2D eigenvalue weighted by molar-refractivity contribution is 0.199. The minimum atomic E-state index is 0.478. The maximum absolute atomic E-state index is 5.06. The molecule has 0 radical (unpaired) electrons. The molecule has 0 amide bonds. The number of nitrogens with one attached hydrogen (secondary N) is 1. The van der Waals surface area contributed by atoms with Crippen LogP contribution in [-0.4, -0.2) is 38.3 Å². The molecule has 4 nitrogen and oxygen atoms in total. The summed E-state index contributed by atoms with van der Waals surface area (Å²) in [5.74, 6) is 0. The van der Waals surface area contributed by atoms with Gasteiger partial charge in [-0.1, -0.05) is 13.8 Å². The van der Waals surface area contributed by atoms with E-state index in [9.17, 15) is 0 Å². The Hall–Kier alpha value is -0.650. The average molecular weight is 311 g/mol. The van der Waals surface area contributed by atoms with Gasteiger partial charge in [0.15, 0.2) is 5.13 Å². The molecule has 1 fully saturated rings. The van der Waals surface area contributed by atoms with Gasteiger partial charge in [0.05, 0.1) is 12.3 Å². The molecule has 1 saturated heterocycles. The van der Waals surface area contributed by atoms with Crippen molar-refractivity contribution in [2.75, 3.05) is 38.3 Å². The molecule has 1 aromatic rings. The standard InChI is InChI=1S/C16H29N3OS/c1-13-14(12-17-8-11-20-4)21-15(18-13)19-9-5-6-16(2,3)7-10-19/h17H,5-12H2,1-4H3. The summed E-state index contributed by atoms with van der Waals surface area (Å²) in [7, 11) is 1.73. The number of nitrogens with zero attached hydrogens (tertiary/aromatic N) is 2. The second-order valence-corrected chi connectivity index (χ2v) is 7.74. The van der Waals surface area contributed by atoms with Gasteiger partial charge in [-0.05, 0) is 31.6 Å². The number of ether oxygens (including phenoxy) is 1. The van der Waals surface area contributed by atoms with E-state index in [0.29, 0.717) is 5.41 Å². The zero-order chi connectivity index (χ0) is 15.3. The molecule has 0 spiro atoms. The molecule has 2 rings (SSSR count). The highest BCUT2D eigenvalue weighted by Gasteiger charge is 2.24. The summed E-state index contributed by atoms with van der Waals surface area (Å²) >= 11 is 1.84. The molecule has 1 N–H and O–H groups in total. The van der Waals surface area contributed by atoms with Crippen molar-refractivity contribution in [3.05, 3.63) is 10.6 Å². The summed E-state index contributed by atoms with van der Waals surface area (Å²) in [4.78, 5) is 8.62. The van der Waals surface area contributed by atoms with E-state index in [0.717, 1.165) is 32.8 Å². The van der Waals surface area contributed by atoms with Gasteiger partial charge < -0.3 is 15.0 Å². The van der Waals surface area contributed by atoms with E-state index in [-0.39, 0.29) is 0 Å². The lowest BCUT2D eigenvalue weighted by Crippen LogP contribution is -2.24. The molecule has 1 aromatic heterocycles. The Labute approximate surface area is 132 Å². The quantitative estimate of drug-likeness (QED) is 0.819. The van der Waals surface area contributed by atoms with Crippen LogP contribution in [0.2, 0.25) is 0 Å². The van der Waals surface area contributed by atoms with Crippen molar-refractivity contribution in [2.24, 2.45) is 5.41 Å². The molecule has 0 unspecified atom stereocenters. The third-order valence-corrected chi connectivity index (χ3v) is 5.48. The number of methoxy groups -OCH3 is 1. The van der Waals surface area contributed by atoms with Crippen molar-refractivity contribution in [1.29, 1.82) is 0 Å². The smallest absolute Gasteiger partial charge is 0.185 e. The zero-order valence-electron chi connectivity index (χ0n) is 13.9. The first-order valence-electron chi connectivity index (χ1n) is 7.93. The number of aromatic nitrogens is 1. The molecular weight excluding hydrogens is 282 g/mol. The second kappa shape index (κ2) is 7.56. The van der Waals surface area contributed by atoms with Crippen molar-refractivity contribution in [1.82, 2.24) is 10.3 Å². The van der Waals surface area contributed by atoms with Crippen LogP contribution in [0.25, 0.3) is 0 Å². The van der Waals surface area contributed by atoms with Gasteiger partial charge in [-0.15, -0.1) is 11.3 Å². The molecule has 120 valence electrons. The normalized spacial score (nSPS) is 18.8. The molecule has 0 atom stereocenters. The maximum Gasteiger partial charge on any atom is 0.185 e. The predicted molar refractivity (Wildman–Crippen MR) is 90.3 cm³/mol. The van der Waals surface area contributed by atoms with E-state index in [4.69, 9.17) is 9.72 Å². The first kappa shape index (κ1) is 16.7. The predicted octanol–water partition coefficient (Wildman–Crippen LogP) is 3.20. The van der Waals surface area contributed by atoms with Gasteiger partial charge in [-0.25, -0.2) is 4.98 Å². The minimum Gasteiger partial charge on any atom is -0.383 e. The van der Waals surface area contributed by atoms with Crippen molar-refractivity contribution in [3.63, 3.8) is 0 Å². The molecule has 5 heteroatoms. The van der Waals surface area contributed by atoms with Gasteiger partial charge in [0.2, 0.25) is 0 Å². The van der Waals surface area contributed by atoms with Gasteiger partial charge in [0.1, 0.15) is 0 Å². The van der Waals surface area contributed by atoms with Crippen LogP contribution in [0.5, 0.6) is 0 Å². The third kappa shape index (κ3) is 4.94. The van der Waals surface area contributed by atoms with Gasteiger partial charge in [0.25, 0.3) is 0 Å². The number of rotatable bonds is 6. The van der Waals surface area contributed by atoms with Crippen molar-refractivity contribution in [3.8, 4) is 0 Å². The lowest BCUT2D eigenvalue weighted by Gasteiger charge is -2.22. The molecule has 21 heavy (non-hydrogen) atoms. The summed E-state index contributed by atoms with van der Waals surface area (Å²) in [6, 6.07) is 0. The van der Waals surface area contributed by atoms with E-state index in [2.05, 4.69) is 31.0 Å². The highest BCUT2D eigenvalue weighted by atomic mass is 32.1. The maximum atomic E-state index is 5.06. The van der Waals surface area contributed by atoms with E-state index >= 15 is 0 Å². The van der Waals surface area contributed by atoms with Crippen molar-refractivity contribution >= 4 is 16.5 Å². The Kier molecular flexibility index (Phi) is 6.02. The zero-order valence-corrected chi connectivity index (χ0v) is 14.7. The molecule has 1 aliphatic heterocycles. The van der Waals surface area contributed by atoms with Gasteiger partial charge >= 0.3 is 0 Å². The van der Waals surface area contributed by atoms with Crippen LogP contribution in [0, 0.1) is 12.3 Å². The van der Waals surface area contributed by atoms with Crippen LogP contribution in [0.4, 0.5) is 5.13 Å². The SMILES string of the molecule is COCCNCc1sc(N2CCCC(C)(C)CC2)nc1C. The Morgan fingerprint density at radius 1 is 1.33 bits per heavy atom. The van der Waals surface area contributed by atoms with Crippen LogP contribution < -0.4 is 10.2 Å². The summed E-state index contributed by atoms with van der Waals surface area (Å²) in [5, 5.41) is 4.61. The third-order valence-electron chi connectivity index (χ3n) is 4.26. The van der Waals surface area contributed by atoms with E-state index in [1.54, 1.807) is 7.11 Å². The summed E-state index contributed by atoms with van der Waals surface area (Å²) in [6.45, 7) is 11.7. The molecule has 0 aromatic carbocycles. The van der Waals surface area contributed by atoms with E-state index < -0.39 is 0 Å². The average Bonchev–Trinajstić information content (AvgIpc) is 2.69. The fraction of sp³-hybridized carbons (Fsp3) is 0.812. The molecule has 1 aliphatic rings. The number of hydrogen-bond donors (Lipinski definition) is 1. The largest absolute Gasteiger partial charge is 0.383 e. The number of aryl methyl sites for hydroxylation is 1. The van der Waals surface area contributed by atoms with Gasteiger partial charge in [-0.3, -0.25) is 0 Å².